The molecule has 2 heterocycles. The lowest BCUT2D eigenvalue weighted by molar-refractivity contribution is -0.218. The molecule has 0 aromatic heterocycles. The molecule has 0 amide bonds. The summed E-state index contributed by atoms with van der Waals surface area (Å²) in [5, 5.41) is 11.4. The normalized spacial score (nSPS) is 34.2. The van der Waals surface area contributed by atoms with Crippen LogP contribution in [0.15, 0.2) is 36.4 Å². The summed E-state index contributed by atoms with van der Waals surface area (Å²) in [6.07, 6.45) is 4.83. The highest BCUT2D eigenvalue weighted by Gasteiger charge is 2.74. The maximum absolute atomic E-state index is 13.3. The van der Waals surface area contributed by atoms with Gasteiger partial charge in [0.05, 0.1) is 17.6 Å². The number of halogens is 1. The number of ketones is 1. The Morgan fingerprint density at radius 3 is 2.91 bits per heavy atom. The van der Waals surface area contributed by atoms with Crippen molar-refractivity contribution in [2.45, 2.75) is 68.3 Å². The second kappa shape index (κ2) is 6.97. The average Bonchev–Trinajstić information content (AvgIpc) is 3.55. The van der Waals surface area contributed by atoms with Crippen LogP contribution in [0.25, 0.3) is 0 Å². The molecule has 3 aliphatic carbocycles. The Hall–Kier alpha value is -2.08. The predicted molar refractivity (Wildman–Crippen MR) is 124 cm³/mol. The fraction of sp³-hybridized carbons (Fsp3) is 0.519. The third-order valence-corrected chi connectivity index (χ3v) is 9.14. The van der Waals surface area contributed by atoms with Crippen molar-refractivity contribution < 1.29 is 19.4 Å². The van der Waals surface area contributed by atoms with Gasteiger partial charge in [-0.05, 0) is 73.9 Å². The lowest BCUT2D eigenvalue weighted by atomic mass is 9.48. The van der Waals surface area contributed by atoms with Crippen molar-refractivity contribution in [3.8, 4) is 11.5 Å². The quantitative estimate of drug-likeness (QED) is 0.709. The topological polar surface area (TPSA) is 59.0 Å². The molecule has 33 heavy (non-hydrogen) atoms. The number of hydrogen-bond acceptors (Lipinski definition) is 5. The van der Waals surface area contributed by atoms with Crippen molar-refractivity contribution >= 4 is 17.4 Å². The molecule has 5 nitrogen and oxygen atoms in total. The summed E-state index contributed by atoms with van der Waals surface area (Å²) >= 11 is 6.26. The number of nitrogens with zero attached hydrogens (tertiary/aromatic N) is 1. The maximum atomic E-state index is 13.3. The molecule has 1 N–H and O–H groups in total. The maximum Gasteiger partial charge on any atom is 0.174 e. The van der Waals surface area contributed by atoms with Gasteiger partial charge in [-0.3, -0.25) is 9.69 Å². The highest BCUT2D eigenvalue weighted by Crippen LogP contribution is 2.66. The molecule has 4 atom stereocenters. The Balaban J connectivity index is 1.39. The molecule has 6 heteroatoms. The molecule has 2 aromatic rings. The predicted octanol–water partition coefficient (Wildman–Crippen LogP) is 4.40. The molecule has 2 aromatic carbocycles. The monoisotopic (exact) mass is 465 g/mol. The number of piperidine rings is 1. The van der Waals surface area contributed by atoms with Crippen LogP contribution in [0.4, 0.5) is 0 Å². The van der Waals surface area contributed by atoms with Crippen LogP contribution in [0.1, 0.15) is 48.8 Å². The summed E-state index contributed by atoms with van der Waals surface area (Å²) in [6, 6.07) is 11.8. The lowest BCUT2D eigenvalue weighted by Crippen LogP contribution is -2.77. The molecule has 2 aliphatic heterocycles. The van der Waals surface area contributed by atoms with Gasteiger partial charge >= 0.3 is 0 Å². The zero-order valence-electron chi connectivity index (χ0n) is 18.6. The Labute approximate surface area is 198 Å². The smallest absolute Gasteiger partial charge is 0.174 e. The largest absolute Gasteiger partial charge is 0.504 e. The number of Topliss-reactive ketones (excluding diaryl/α,β-unsaturated/α-hetero) is 1. The number of hydrogen-bond donors (Lipinski definition) is 1. The standard InChI is InChI=1S/C27H28ClNO4/c28-19-3-1-2-17(12-19)15-32-27-9-8-21(31)25-26(27)10-11-29(14-16-4-5-16)22(27)13-18-6-7-20(30)24(33-25)23(18)26/h1-3,6-7,12,16,22,25,30H,4-5,8-11,13-15H2/t22-,25+,26+,27-/m1/s1. The van der Waals surface area contributed by atoms with E-state index in [1.807, 2.05) is 30.3 Å². The number of phenols is 1. The minimum atomic E-state index is -0.585. The molecule has 3 fully saturated rings. The summed E-state index contributed by atoms with van der Waals surface area (Å²) in [4.78, 5) is 15.9. The fourth-order valence-corrected chi connectivity index (χ4v) is 7.58. The number of phenolic OH excluding ortho intramolecular Hbond substituents is 1. The second-order valence-electron chi connectivity index (χ2n) is 10.6. The number of aromatic hydroxyl groups is 1. The van der Waals surface area contributed by atoms with Gasteiger partial charge in [-0.1, -0.05) is 29.8 Å². The molecule has 5 aliphatic rings. The molecule has 0 radical (unpaired) electrons. The van der Waals surface area contributed by atoms with E-state index in [4.69, 9.17) is 21.1 Å². The first kappa shape index (κ1) is 20.3. The first-order chi connectivity index (χ1) is 16.0. The van der Waals surface area contributed by atoms with Gasteiger partial charge in [0.2, 0.25) is 0 Å². The lowest BCUT2D eigenvalue weighted by Gasteiger charge is -2.64. The highest BCUT2D eigenvalue weighted by molar-refractivity contribution is 6.30. The fourth-order valence-electron chi connectivity index (χ4n) is 7.37. The van der Waals surface area contributed by atoms with Crippen molar-refractivity contribution in [1.29, 1.82) is 0 Å². The summed E-state index contributed by atoms with van der Waals surface area (Å²) in [6.45, 7) is 2.48. The minimum Gasteiger partial charge on any atom is -0.504 e. The number of ether oxygens (including phenoxy) is 2. The Morgan fingerprint density at radius 2 is 2.09 bits per heavy atom. The van der Waals surface area contributed by atoms with E-state index in [1.165, 1.54) is 18.4 Å². The van der Waals surface area contributed by atoms with Crippen LogP contribution in [0.3, 0.4) is 0 Å². The van der Waals surface area contributed by atoms with Gasteiger partial charge in [0, 0.05) is 29.6 Å². The van der Waals surface area contributed by atoms with E-state index >= 15 is 0 Å². The average molecular weight is 466 g/mol. The minimum absolute atomic E-state index is 0.132. The SMILES string of the molecule is O=C1CC[C@@]2(OCc3cccc(Cl)c3)[C@H]3Cc4ccc(O)c5c4[C@@]2(CCN3CC2CC2)[C@H]1O5. The first-order valence-corrected chi connectivity index (χ1v) is 12.6. The van der Waals surface area contributed by atoms with Crippen molar-refractivity contribution in [2.75, 3.05) is 13.1 Å². The van der Waals surface area contributed by atoms with Crippen LogP contribution >= 0.6 is 11.6 Å². The summed E-state index contributed by atoms with van der Waals surface area (Å²) in [5.41, 5.74) is 2.19. The molecule has 172 valence electrons. The molecular formula is C27H28ClNO4. The van der Waals surface area contributed by atoms with E-state index in [0.29, 0.717) is 30.2 Å². The van der Waals surface area contributed by atoms with Gasteiger partial charge in [-0.2, -0.15) is 0 Å². The summed E-state index contributed by atoms with van der Waals surface area (Å²) in [5.74, 6) is 1.56. The van der Waals surface area contributed by atoms with Crippen molar-refractivity contribution in [3.05, 3.63) is 58.1 Å². The number of carbonyl (C=O) groups is 1. The number of benzene rings is 2. The Bertz CT molecular complexity index is 1160. The zero-order chi connectivity index (χ0) is 22.4. The van der Waals surface area contributed by atoms with Gasteiger partial charge in [0.15, 0.2) is 23.4 Å². The van der Waals surface area contributed by atoms with E-state index < -0.39 is 17.1 Å². The van der Waals surface area contributed by atoms with Gasteiger partial charge in [0.1, 0.15) is 0 Å². The van der Waals surface area contributed by atoms with Crippen LogP contribution in [0, 0.1) is 5.92 Å². The van der Waals surface area contributed by atoms with Crippen LogP contribution in [-0.4, -0.2) is 46.6 Å². The third-order valence-electron chi connectivity index (χ3n) is 8.90. The first-order valence-electron chi connectivity index (χ1n) is 12.2. The second-order valence-corrected chi connectivity index (χ2v) is 11.0. The zero-order valence-corrected chi connectivity index (χ0v) is 19.3. The number of rotatable bonds is 5. The van der Waals surface area contributed by atoms with Crippen molar-refractivity contribution in [1.82, 2.24) is 4.90 Å². The van der Waals surface area contributed by atoms with E-state index in [1.54, 1.807) is 6.07 Å². The van der Waals surface area contributed by atoms with Crippen LogP contribution < -0.4 is 4.74 Å². The van der Waals surface area contributed by atoms with E-state index in [-0.39, 0.29) is 17.6 Å². The van der Waals surface area contributed by atoms with E-state index in [9.17, 15) is 9.90 Å². The number of likely N-dealkylation sites (tertiary alicyclic amines) is 1. The van der Waals surface area contributed by atoms with Crippen LogP contribution in [0.5, 0.6) is 11.5 Å². The van der Waals surface area contributed by atoms with Crippen molar-refractivity contribution in [2.24, 2.45) is 5.92 Å². The molecular weight excluding hydrogens is 438 g/mol. The van der Waals surface area contributed by atoms with E-state index in [2.05, 4.69) is 4.90 Å². The van der Waals surface area contributed by atoms with Gasteiger partial charge in [-0.25, -0.2) is 0 Å². The molecule has 0 unspecified atom stereocenters. The molecule has 2 saturated carbocycles. The third kappa shape index (κ3) is 2.70. The molecule has 2 bridgehead atoms. The van der Waals surface area contributed by atoms with Gasteiger partial charge < -0.3 is 14.6 Å². The van der Waals surface area contributed by atoms with Crippen molar-refractivity contribution in [3.63, 3.8) is 0 Å². The molecule has 1 spiro atoms. The Kier molecular flexibility index (Phi) is 4.29. The van der Waals surface area contributed by atoms with Crippen LogP contribution in [-0.2, 0) is 28.0 Å². The molecule has 1 saturated heterocycles. The van der Waals surface area contributed by atoms with Crippen LogP contribution in [0.2, 0.25) is 5.02 Å². The van der Waals surface area contributed by atoms with Gasteiger partial charge in [-0.15, -0.1) is 0 Å². The Morgan fingerprint density at radius 1 is 1.21 bits per heavy atom. The number of carbonyl (C=O) groups excluding carboxylic acids is 1. The summed E-state index contributed by atoms with van der Waals surface area (Å²) < 4.78 is 13.4. The highest BCUT2D eigenvalue weighted by atomic mass is 35.5. The molecule has 7 rings (SSSR count). The van der Waals surface area contributed by atoms with Gasteiger partial charge in [0.25, 0.3) is 0 Å². The van der Waals surface area contributed by atoms with E-state index in [0.717, 1.165) is 43.0 Å². The summed E-state index contributed by atoms with van der Waals surface area (Å²) in [7, 11) is 0.